The Bertz CT molecular complexity index is 1400. The van der Waals surface area contributed by atoms with Gasteiger partial charge >= 0.3 is 0 Å². The Balaban J connectivity index is 1.61. The number of halogens is 2. The molecular formula is C23H12ClFN6O. The maximum Gasteiger partial charge on any atom is 0.256 e. The summed E-state index contributed by atoms with van der Waals surface area (Å²) in [6, 6.07) is 17.7. The van der Waals surface area contributed by atoms with Gasteiger partial charge in [-0.3, -0.25) is 4.79 Å². The van der Waals surface area contributed by atoms with Crippen LogP contribution in [0.4, 0.5) is 10.2 Å². The zero-order valence-electron chi connectivity index (χ0n) is 16.2. The molecule has 0 aliphatic heterocycles. The van der Waals surface area contributed by atoms with Crippen molar-refractivity contribution in [2.75, 3.05) is 5.32 Å². The van der Waals surface area contributed by atoms with E-state index in [4.69, 9.17) is 16.9 Å². The van der Waals surface area contributed by atoms with Crippen molar-refractivity contribution >= 4 is 23.3 Å². The van der Waals surface area contributed by atoms with Crippen LogP contribution in [-0.4, -0.2) is 20.9 Å². The van der Waals surface area contributed by atoms with Gasteiger partial charge in [0.25, 0.3) is 5.91 Å². The number of anilines is 1. The summed E-state index contributed by atoms with van der Waals surface area (Å²) >= 11 is 6.10. The molecule has 0 unspecified atom stereocenters. The second kappa shape index (κ2) is 8.68. The van der Waals surface area contributed by atoms with Crippen LogP contribution in [0.25, 0.3) is 22.6 Å². The third kappa shape index (κ3) is 4.04. The summed E-state index contributed by atoms with van der Waals surface area (Å²) in [7, 11) is 0. The normalized spacial score (nSPS) is 10.2. The summed E-state index contributed by atoms with van der Waals surface area (Å²) in [5, 5.41) is 21.2. The van der Waals surface area contributed by atoms with E-state index in [1.54, 1.807) is 30.3 Å². The summed E-state index contributed by atoms with van der Waals surface area (Å²) in [5.74, 6) is -0.595. The van der Waals surface area contributed by atoms with Crippen molar-refractivity contribution in [3.05, 3.63) is 88.5 Å². The van der Waals surface area contributed by atoms with E-state index in [9.17, 15) is 14.4 Å². The van der Waals surface area contributed by atoms with Crippen LogP contribution in [0.2, 0.25) is 5.02 Å². The number of hydrogen-bond donors (Lipinski definition) is 2. The molecule has 0 aliphatic rings. The number of aromatic nitrogens is 3. The first-order valence-corrected chi connectivity index (χ1v) is 9.60. The van der Waals surface area contributed by atoms with Gasteiger partial charge in [-0.1, -0.05) is 23.7 Å². The third-order valence-corrected chi connectivity index (χ3v) is 4.87. The average molecular weight is 443 g/mol. The molecular weight excluding hydrogens is 431 g/mol. The number of nitrogens with one attached hydrogen (secondary N) is 2. The number of H-pyrrole nitrogens is 1. The molecule has 0 saturated carbocycles. The number of aromatic amines is 1. The van der Waals surface area contributed by atoms with E-state index in [0.29, 0.717) is 22.4 Å². The van der Waals surface area contributed by atoms with Crippen molar-refractivity contribution in [2.24, 2.45) is 0 Å². The Morgan fingerprint density at radius 1 is 1.09 bits per heavy atom. The second-order valence-electron chi connectivity index (χ2n) is 6.60. The summed E-state index contributed by atoms with van der Waals surface area (Å²) < 4.78 is 14.2. The van der Waals surface area contributed by atoms with Crippen LogP contribution in [0.15, 0.2) is 60.8 Å². The number of amides is 1. The maximum absolute atomic E-state index is 14.2. The largest absolute Gasteiger partial charge is 0.337 e. The molecule has 0 fully saturated rings. The van der Waals surface area contributed by atoms with Gasteiger partial charge in [0.15, 0.2) is 5.69 Å². The minimum atomic E-state index is -0.570. The summed E-state index contributed by atoms with van der Waals surface area (Å²) in [5.41, 5.74) is 1.66. The zero-order valence-corrected chi connectivity index (χ0v) is 17.0. The van der Waals surface area contributed by atoms with Crippen LogP contribution in [0.3, 0.4) is 0 Å². The highest BCUT2D eigenvalue weighted by atomic mass is 35.5. The lowest BCUT2D eigenvalue weighted by molar-refractivity contribution is 0.102. The molecule has 0 atom stereocenters. The Kier molecular flexibility index (Phi) is 5.63. The average Bonchev–Trinajstić information content (AvgIpc) is 3.23. The van der Waals surface area contributed by atoms with Crippen molar-refractivity contribution in [1.29, 1.82) is 10.5 Å². The van der Waals surface area contributed by atoms with Crippen molar-refractivity contribution < 1.29 is 9.18 Å². The van der Waals surface area contributed by atoms with Crippen LogP contribution in [0, 0.1) is 28.5 Å². The van der Waals surface area contributed by atoms with Crippen molar-refractivity contribution in [1.82, 2.24) is 15.0 Å². The number of hydrogen-bond acceptors (Lipinski definition) is 5. The molecule has 4 rings (SSSR count). The number of nitriles is 2. The number of pyridine rings is 1. The van der Waals surface area contributed by atoms with Gasteiger partial charge in [-0.05, 0) is 42.5 Å². The van der Waals surface area contributed by atoms with Gasteiger partial charge in [-0.15, -0.1) is 0 Å². The van der Waals surface area contributed by atoms with Crippen molar-refractivity contribution in [2.45, 2.75) is 0 Å². The smallest absolute Gasteiger partial charge is 0.256 e. The Morgan fingerprint density at radius 3 is 2.59 bits per heavy atom. The zero-order chi connectivity index (χ0) is 22.7. The first kappa shape index (κ1) is 20.7. The van der Waals surface area contributed by atoms with Gasteiger partial charge in [0.05, 0.1) is 27.9 Å². The summed E-state index contributed by atoms with van der Waals surface area (Å²) in [6.45, 7) is 0. The van der Waals surface area contributed by atoms with E-state index in [2.05, 4.69) is 20.3 Å². The minimum Gasteiger partial charge on any atom is -0.337 e. The lowest BCUT2D eigenvalue weighted by Gasteiger charge is -2.06. The monoisotopic (exact) mass is 442 g/mol. The quantitative estimate of drug-likeness (QED) is 0.464. The molecule has 0 radical (unpaired) electrons. The molecule has 9 heteroatoms. The molecule has 2 heterocycles. The van der Waals surface area contributed by atoms with Crippen LogP contribution in [-0.2, 0) is 0 Å². The van der Waals surface area contributed by atoms with Crippen molar-refractivity contribution in [3.63, 3.8) is 0 Å². The van der Waals surface area contributed by atoms with E-state index in [1.165, 1.54) is 30.5 Å². The van der Waals surface area contributed by atoms with E-state index >= 15 is 0 Å². The van der Waals surface area contributed by atoms with Crippen molar-refractivity contribution in [3.8, 4) is 34.8 Å². The lowest BCUT2D eigenvalue weighted by atomic mass is 10.1. The highest BCUT2D eigenvalue weighted by Gasteiger charge is 2.18. The number of nitrogens with zero attached hydrogens (tertiary/aromatic N) is 4. The van der Waals surface area contributed by atoms with Crippen LogP contribution in [0.5, 0.6) is 0 Å². The molecule has 4 aromatic rings. The van der Waals surface area contributed by atoms with E-state index in [0.717, 1.165) is 0 Å². The lowest BCUT2D eigenvalue weighted by Crippen LogP contribution is -2.13. The molecule has 2 aromatic carbocycles. The van der Waals surface area contributed by atoms with Gasteiger partial charge in [0.2, 0.25) is 0 Å². The fraction of sp³-hybridized carbons (Fsp3) is 0. The molecule has 0 saturated heterocycles. The first-order valence-electron chi connectivity index (χ1n) is 9.22. The molecule has 7 nitrogen and oxygen atoms in total. The van der Waals surface area contributed by atoms with Gasteiger partial charge in [0.1, 0.15) is 23.5 Å². The van der Waals surface area contributed by atoms with Gasteiger partial charge in [-0.25, -0.2) is 14.4 Å². The fourth-order valence-corrected chi connectivity index (χ4v) is 3.29. The third-order valence-electron chi connectivity index (χ3n) is 4.56. The topological polar surface area (TPSA) is 118 Å². The molecule has 154 valence electrons. The predicted molar refractivity (Wildman–Crippen MR) is 116 cm³/mol. The van der Waals surface area contributed by atoms with Crippen LogP contribution >= 0.6 is 11.6 Å². The van der Waals surface area contributed by atoms with E-state index < -0.39 is 11.7 Å². The molecule has 1 amide bonds. The molecule has 2 aromatic heterocycles. The first-order chi connectivity index (χ1) is 15.5. The molecule has 32 heavy (non-hydrogen) atoms. The molecule has 0 bridgehead atoms. The highest BCUT2D eigenvalue weighted by molar-refractivity contribution is 6.33. The van der Waals surface area contributed by atoms with Crippen LogP contribution in [0.1, 0.15) is 21.6 Å². The number of imidazole rings is 1. The maximum atomic E-state index is 14.2. The summed E-state index contributed by atoms with van der Waals surface area (Å²) in [6.07, 6.45) is 1.45. The van der Waals surface area contributed by atoms with Gasteiger partial charge < -0.3 is 10.3 Å². The number of rotatable bonds is 4. The number of benzene rings is 2. The second-order valence-corrected chi connectivity index (χ2v) is 7.00. The number of carbonyl (C=O) groups is 1. The standard InChI is InChI=1S/C23H12ClFN6O/c24-16-5-2-6-17(25)20(16)22-29-18(11-27)21(31-22)15-7-8-19(28-12-15)30-23(32)14-4-1-3-13(9-14)10-26/h1-9,12H,(H,29,31)(H,28,30,32). The number of carbonyl (C=O) groups excluding carboxylic acids is 1. The van der Waals surface area contributed by atoms with Crippen LogP contribution < -0.4 is 5.32 Å². The predicted octanol–water partition coefficient (Wildman–Crippen LogP) is 4.93. The Morgan fingerprint density at radius 2 is 1.91 bits per heavy atom. The highest BCUT2D eigenvalue weighted by Crippen LogP contribution is 2.32. The van der Waals surface area contributed by atoms with Gasteiger partial charge in [0, 0.05) is 17.3 Å². The van der Waals surface area contributed by atoms with E-state index in [-0.39, 0.29) is 27.9 Å². The fourth-order valence-electron chi connectivity index (χ4n) is 3.04. The SMILES string of the molecule is N#Cc1cccc(C(=O)Nc2ccc(-c3[nH]c(-c4c(F)cccc4Cl)nc3C#N)cn2)c1. The van der Waals surface area contributed by atoms with Gasteiger partial charge in [-0.2, -0.15) is 10.5 Å². The molecule has 2 N–H and O–H groups in total. The minimum absolute atomic E-state index is 0.0474. The molecule has 0 aliphatic carbocycles. The Hall–Kier alpha value is -4.53. The molecule has 0 spiro atoms. The Labute approximate surface area is 186 Å². The summed E-state index contributed by atoms with van der Waals surface area (Å²) in [4.78, 5) is 23.7. The van der Waals surface area contributed by atoms with E-state index in [1.807, 2.05) is 12.1 Å².